The maximum Gasteiger partial charge on any atom is 0.283 e. The Morgan fingerprint density at radius 2 is 1.62 bits per heavy atom. The summed E-state index contributed by atoms with van der Waals surface area (Å²) in [7, 11) is 0. The van der Waals surface area contributed by atoms with Crippen LogP contribution < -0.4 is 4.90 Å². The van der Waals surface area contributed by atoms with Gasteiger partial charge in [0.15, 0.2) is 0 Å². The molecule has 2 rings (SSSR count). The van der Waals surface area contributed by atoms with Gasteiger partial charge in [-0.15, -0.1) is 0 Å². The van der Waals surface area contributed by atoms with E-state index in [9.17, 15) is 9.90 Å². The van der Waals surface area contributed by atoms with E-state index in [0.717, 1.165) is 0 Å². The molecule has 0 aliphatic carbocycles. The molecule has 5 nitrogen and oxygen atoms in total. The predicted molar refractivity (Wildman–Crippen MR) is 78.8 cm³/mol. The maximum atomic E-state index is 11.9. The fourth-order valence-electron chi connectivity index (χ4n) is 2.07. The maximum absolute atomic E-state index is 11.9. The topological polar surface area (TPSA) is 81.0 Å². The van der Waals surface area contributed by atoms with E-state index in [2.05, 4.69) is 0 Å². The molecule has 0 spiro atoms. The van der Waals surface area contributed by atoms with Crippen LogP contribution in [0.2, 0.25) is 0 Å². The molecule has 0 unspecified atom stereocenters. The highest BCUT2D eigenvalue weighted by molar-refractivity contribution is 5.95. The number of carbonyl (C=O) groups excluding carboxylic acids is 1. The molecule has 0 saturated carbocycles. The summed E-state index contributed by atoms with van der Waals surface area (Å²) in [5, 5.41) is 28.0. The first-order valence-electron chi connectivity index (χ1n) is 6.59. The molecule has 0 fully saturated rings. The van der Waals surface area contributed by atoms with Crippen LogP contribution in [-0.4, -0.2) is 34.1 Å². The molecule has 21 heavy (non-hydrogen) atoms. The molecular formula is C16H17NO4. The highest BCUT2D eigenvalue weighted by Gasteiger charge is 2.21. The average molecular weight is 287 g/mol. The van der Waals surface area contributed by atoms with Crippen molar-refractivity contribution < 1.29 is 20.1 Å². The number of aliphatic hydroxyl groups excluding tert-OH is 1. The zero-order valence-electron chi connectivity index (χ0n) is 11.4. The standard InChI is InChI=1S/C16H17NO4/c18-14-9-5-4-6-12(14)10-11-17(15(19)16(20)21)13-7-2-1-3-8-13/h1-9,16,18,20-21H,10-11H2. The number of benzene rings is 2. The molecule has 0 aliphatic rings. The number of hydrogen-bond acceptors (Lipinski definition) is 4. The van der Waals surface area contributed by atoms with Crippen LogP contribution in [0.4, 0.5) is 5.69 Å². The van der Waals surface area contributed by atoms with Crippen LogP contribution in [0.1, 0.15) is 5.56 Å². The van der Waals surface area contributed by atoms with Gasteiger partial charge >= 0.3 is 0 Å². The van der Waals surface area contributed by atoms with E-state index >= 15 is 0 Å². The van der Waals surface area contributed by atoms with Crippen molar-refractivity contribution in [1.82, 2.24) is 0 Å². The normalized spacial score (nSPS) is 10.6. The van der Waals surface area contributed by atoms with Gasteiger partial charge in [-0.1, -0.05) is 36.4 Å². The van der Waals surface area contributed by atoms with E-state index in [0.29, 0.717) is 17.7 Å². The molecule has 2 aromatic carbocycles. The second kappa shape index (κ2) is 6.88. The number of para-hydroxylation sites is 2. The first kappa shape index (κ1) is 15.0. The smallest absolute Gasteiger partial charge is 0.283 e. The molecule has 2 aromatic rings. The molecule has 0 saturated heterocycles. The van der Waals surface area contributed by atoms with Crippen molar-refractivity contribution in [3.8, 4) is 5.75 Å². The first-order valence-corrected chi connectivity index (χ1v) is 6.59. The number of phenols is 1. The molecule has 0 atom stereocenters. The van der Waals surface area contributed by atoms with Crippen molar-refractivity contribution in [1.29, 1.82) is 0 Å². The SMILES string of the molecule is O=C(C(O)O)N(CCc1ccccc1O)c1ccccc1. The first-order chi connectivity index (χ1) is 10.1. The Balaban J connectivity index is 2.17. The summed E-state index contributed by atoms with van der Waals surface area (Å²) < 4.78 is 0. The number of amides is 1. The quantitative estimate of drug-likeness (QED) is 0.724. The van der Waals surface area contributed by atoms with E-state index in [4.69, 9.17) is 10.2 Å². The van der Waals surface area contributed by atoms with Gasteiger partial charge in [-0.05, 0) is 30.2 Å². The zero-order chi connectivity index (χ0) is 15.2. The number of anilines is 1. The summed E-state index contributed by atoms with van der Waals surface area (Å²) >= 11 is 0. The fourth-order valence-corrected chi connectivity index (χ4v) is 2.07. The zero-order valence-corrected chi connectivity index (χ0v) is 11.4. The number of aliphatic hydroxyl groups is 2. The van der Waals surface area contributed by atoms with Gasteiger partial charge in [-0.25, -0.2) is 0 Å². The summed E-state index contributed by atoms with van der Waals surface area (Å²) in [6.07, 6.45) is -1.66. The van der Waals surface area contributed by atoms with Crippen LogP contribution in [0, 0.1) is 0 Å². The highest BCUT2D eigenvalue weighted by Crippen LogP contribution is 2.19. The van der Waals surface area contributed by atoms with Gasteiger partial charge in [-0.3, -0.25) is 4.79 Å². The summed E-state index contributed by atoms with van der Waals surface area (Å²) in [5.74, 6) is -0.640. The van der Waals surface area contributed by atoms with Crippen molar-refractivity contribution >= 4 is 11.6 Å². The lowest BCUT2D eigenvalue weighted by molar-refractivity contribution is -0.144. The molecule has 0 heterocycles. The van der Waals surface area contributed by atoms with Crippen molar-refractivity contribution in [2.45, 2.75) is 12.7 Å². The monoisotopic (exact) mass is 287 g/mol. The molecule has 0 aliphatic heterocycles. The Labute approximate surface area is 122 Å². The minimum Gasteiger partial charge on any atom is -0.508 e. The number of rotatable bonds is 5. The van der Waals surface area contributed by atoms with E-state index in [1.165, 1.54) is 4.90 Å². The Bertz CT molecular complexity index is 598. The summed E-state index contributed by atoms with van der Waals surface area (Å²) in [6, 6.07) is 15.6. The largest absolute Gasteiger partial charge is 0.508 e. The third-order valence-corrected chi connectivity index (χ3v) is 3.15. The Kier molecular flexibility index (Phi) is 4.92. The molecule has 110 valence electrons. The molecule has 0 bridgehead atoms. The summed E-state index contributed by atoms with van der Waals surface area (Å²) in [6.45, 7) is 0.234. The van der Waals surface area contributed by atoms with E-state index in [-0.39, 0.29) is 12.3 Å². The molecule has 1 amide bonds. The van der Waals surface area contributed by atoms with E-state index < -0.39 is 12.2 Å². The number of carbonyl (C=O) groups is 1. The van der Waals surface area contributed by atoms with Crippen molar-refractivity contribution in [3.63, 3.8) is 0 Å². The van der Waals surface area contributed by atoms with E-state index in [1.807, 2.05) is 6.07 Å². The minimum atomic E-state index is -2.06. The van der Waals surface area contributed by atoms with Gasteiger partial charge in [0, 0.05) is 12.2 Å². The molecule has 0 radical (unpaired) electrons. The van der Waals surface area contributed by atoms with Crippen LogP contribution in [0.25, 0.3) is 0 Å². The van der Waals surface area contributed by atoms with Gasteiger partial charge in [0.2, 0.25) is 6.29 Å². The van der Waals surface area contributed by atoms with Crippen LogP contribution >= 0.6 is 0 Å². The van der Waals surface area contributed by atoms with Crippen LogP contribution in [-0.2, 0) is 11.2 Å². The Morgan fingerprint density at radius 1 is 1.00 bits per heavy atom. The number of hydrogen-bond donors (Lipinski definition) is 3. The third-order valence-electron chi connectivity index (χ3n) is 3.15. The molecule has 3 N–H and O–H groups in total. The Hall–Kier alpha value is -2.37. The summed E-state index contributed by atoms with van der Waals surface area (Å²) in [5.41, 5.74) is 1.27. The van der Waals surface area contributed by atoms with Crippen molar-refractivity contribution in [3.05, 3.63) is 60.2 Å². The lowest BCUT2D eigenvalue weighted by Gasteiger charge is -2.23. The van der Waals surface area contributed by atoms with Gasteiger partial charge in [-0.2, -0.15) is 0 Å². The number of aromatic hydroxyl groups is 1. The van der Waals surface area contributed by atoms with Gasteiger partial charge in [0.1, 0.15) is 5.75 Å². The van der Waals surface area contributed by atoms with Crippen LogP contribution in [0.3, 0.4) is 0 Å². The van der Waals surface area contributed by atoms with Crippen molar-refractivity contribution in [2.24, 2.45) is 0 Å². The minimum absolute atomic E-state index is 0.155. The predicted octanol–water partition coefficient (Wildman–Crippen LogP) is 1.28. The third kappa shape index (κ3) is 3.81. The van der Waals surface area contributed by atoms with Gasteiger partial charge in [0.05, 0.1) is 0 Å². The molecular weight excluding hydrogens is 270 g/mol. The Morgan fingerprint density at radius 3 is 2.24 bits per heavy atom. The van der Waals surface area contributed by atoms with Crippen LogP contribution in [0.5, 0.6) is 5.75 Å². The molecule has 0 aromatic heterocycles. The lowest BCUT2D eigenvalue weighted by atomic mass is 10.1. The average Bonchev–Trinajstić information content (AvgIpc) is 2.50. The van der Waals surface area contributed by atoms with Crippen LogP contribution in [0.15, 0.2) is 54.6 Å². The van der Waals surface area contributed by atoms with Gasteiger partial charge < -0.3 is 20.2 Å². The number of nitrogens with zero attached hydrogens (tertiary/aromatic N) is 1. The number of phenolic OH excluding ortho intramolecular Hbond substituents is 1. The highest BCUT2D eigenvalue weighted by atomic mass is 16.5. The van der Waals surface area contributed by atoms with Crippen molar-refractivity contribution in [2.75, 3.05) is 11.4 Å². The second-order valence-electron chi connectivity index (χ2n) is 4.58. The fraction of sp³-hybridized carbons (Fsp3) is 0.188. The second-order valence-corrected chi connectivity index (χ2v) is 4.58. The van der Waals surface area contributed by atoms with E-state index in [1.54, 1.807) is 48.5 Å². The van der Waals surface area contributed by atoms with Gasteiger partial charge in [0.25, 0.3) is 5.91 Å². The summed E-state index contributed by atoms with van der Waals surface area (Å²) in [4.78, 5) is 13.2. The molecule has 5 heteroatoms. The lowest BCUT2D eigenvalue weighted by Crippen LogP contribution is -2.40.